The highest BCUT2D eigenvalue weighted by molar-refractivity contribution is 7.95. The SMILES string of the molecule is Fc1ccc(C[P+](c2ccccc2)(c2ccccc2)c2ccccc2)cc1Oc1ccccc1.[Cl-]. The summed E-state index contributed by atoms with van der Waals surface area (Å²) in [5, 5.41) is 3.88. The zero-order chi connectivity index (χ0) is 23.2. The van der Waals surface area contributed by atoms with Crippen molar-refractivity contribution in [1.29, 1.82) is 0 Å². The average Bonchev–Trinajstić information content (AvgIpc) is 2.91. The molecule has 0 heterocycles. The number of ether oxygens (including phenoxy) is 1. The van der Waals surface area contributed by atoms with Gasteiger partial charge in [0.1, 0.15) is 28.9 Å². The lowest BCUT2D eigenvalue weighted by atomic mass is 10.2. The van der Waals surface area contributed by atoms with Crippen molar-refractivity contribution in [3.63, 3.8) is 0 Å². The van der Waals surface area contributed by atoms with Crippen LogP contribution in [-0.2, 0) is 6.16 Å². The van der Waals surface area contributed by atoms with E-state index in [9.17, 15) is 4.39 Å². The third-order valence-corrected chi connectivity index (χ3v) is 10.4. The molecule has 0 radical (unpaired) electrons. The summed E-state index contributed by atoms with van der Waals surface area (Å²) in [7, 11) is -2.07. The Morgan fingerprint density at radius 3 is 1.43 bits per heavy atom. The van der Waals surface area contributed by atoms with Gasteiger partial charge in [0.15, 0.2) is 11.6 Å². The number of hydrogen-bond donors (Lipinski definition) is 0. The van der Waals surface area contributed by atoms with Crippen molar-refractivity contribution in [3.8, 4) is 11.5 Å². The van der Waals surface area contributed by atoms with Gasteiger partial charge in [-0.25, -0.2) is 4.39 Å². The van der Waals surface area contributed by atoms with Gasteiger partial charge in [0, 0.05) is 0 Å². The average molecular weight is 499 g/mol. The zero-order valence-electron chi connectivity index (χ0n) is 19.1. The number of rotatable bonds is 7. The van der Waals surface area contributed by atoms with Gasteiger partial charge in [0.05, 0.1) is 6.16 Å². The van der Waals surface area contributed by atoms with Crippen molar-refractivity contribution in [2.45, 2.75) is 6.16 Å². The normalized spacial score (nSPS) is 10.9. The van der Waals surface area contributed by atoms with Crippen LogP contribution in [-0.4, -0.2) is 0 Å². The van der Waals surface area contributed by atoms with Crippen LogP contribution in [0.5, 0.6) is 11.5 Å². The molecular weight excluding hydrogens is 474 g/mol. The van der Waals surface area contributed by atoms with Crippen molar-refractivity contribution in [2.24, 2.45) is 0 Å². The molecule has 0 atom stereocenters. The Balaban J connectivity index is 0.00000289. The molecule has 1 nitrogen and oxygen atoms in total. The zero-order valence-corrected chi connectivity index (χ0v) is 20.7. The molecule has 4 heteroatoms. The topological polar surface area (TPSA) is 9.23 Å². The highest BCUT2D eigenvalue weighted by atomic mass is 35.5. The molecule has 35 heavy (non-hydrogen) atoms. The molecule has 174 valence electrons. The summed E-state index contributed by atoms with van der Waals surface area (Å²) in [6.45, 7) is 0. The summed E-state index contributed by atoms with van der Waals surface area (Å²) >= 11 is 0. The molecule has 0 aliphatic heterocycles. The molecule has 0 amide bonds. The largest absolute Gasteiger partial charge is 1.00 e. The van der Waals surface area contributed by atoms with Crippen LogP contribution < -0.4 is 33.1 Å². The lowest BCUT2D eigenvalue weighted by Gasteiger charge is -2.28. The Bertz CT molecular complexity index is 1250. The van der Waals surface area contributed by atoms with E-state index >= 15 is 0 Å². The van der Waals surface area contributed by atoms with E-state index in [1.807, 2.05) is 42.5 Å². The first kappa shape index (κ1) is 24.7. The molecule has 0 aliphatic carbocycles. The smallest absolute Gasteiger partial charge is 0.165 e. The second-order valence-corrected chi connectivity index (χ2v) is 11.6. The van der Waals surface area contributed by atoms with E-state index < -0.39 is 7.26 Å². The summed E-state index contributed by atoms with van der Waals surface area (Å²) in [5.74, 6) is 0.500. The van der Waals surface area contributed by atoms with Gasteiger partial charge in [-0.05, 0) is 66.2 Å². The van der Waals surface area contributed by atoms with Crippen LogP contribution in [0.25, 0.3) is 0 Å². The van der Waals surface area contributed by atoms with E-state index in [-0.39, 0.29) is 24.0 Å². The Labute approximate surface area is 213 Å². The number of benzene rings is 5. The van der Waals surface area contributed by atoms with E-state index in [4.69, 9.17) is 4.74 Å². The second-order valence-electron chi connectivity index (χ2n) is 8.15. The maximum Gasteiger partial charge on any atom is 0.165 e. The maximum atomic E-state index is 14.7. The fourth-order valence-electron chi connectivity index (χ4n) is 4.38. The summed E-state index contributed by atoms with van der Waals surface area (Å²) in [6.07, 6.45) is 0.760. The van der Waals surface area contributed by atoms with E-state index in [0.717, 1.165) is 11.7 Å². The maximum absolute atomic E-state index is 14.7. The summed E-state index contributed by atoms with van der Waals surface area (Å²) in [4.78, 5) is 0. The quantitative estimate of drug-likeness (QED) is 0.307. The molecule has 0 fully saturated rings. The van der Waals surface area contributed by atoms with E-state index in [2.05, 4.69) is 91.0 Å². The van der Waals surface area contributed by atoms with E-state index in [1.165, 1.54) is 22.0 Å². The van der Waals surface area contributed by atoms with Gasteiger partial charge in [-0.2, -0.15) is 0 Å². The number of halogens is 2. The first-order valence-corrected chi connectivity index (χ1v) is 13.3. The Morgan fingerprint density at radius 1 is 0.543 bits per heavy atom. The van der Waals surface area contributed by atoms with Crippen LogP contribution >= 0.6 is 7.26 Å². The van der Waals surface area contributed by atoms with Crippen LogP contribution in [0.1, 0.15) is 5.56 Å². The Morgan fingerprint density at radius 2 is 0.971 bits per heavy atom. The van der Waals surface area contributed by atoms with Crippen molar-refractivity contribution in [1.82, 2.24) is 0 Å². The Hall–Kier alpha value is -3.45. The van der Waals surface area contributed by atoms with Crippen molar-refractivity contribution < 1.29 is 21.5 Å². The minimum Gasteiger partial charge on any atom is -1.00 e. The monoisotopic (exact) mass is 498 g/mol. The van der Waals surface area contributed by atoms with E-state index in [1.54, 1.807) is 0 Å². The molecule has 5 aromatic carbocycles. The molecule has 0 bridgehead atoms. The highest BCUT2D eigenvalue weighted by Crippen LogP contribution is 2.58. The number of hydrogen-bond acceptors (Lipinski definition) is 1. The molecule has 0 unspecified atom stereocenters. The molecular formula is C31H25ClFOP. The van der Waals surface area contributed by atoms with Gasteiger partial charge in [-0.1, -0.05) is 78.9 Å². The molecule has 0 N–H and O–H groups in total. The van der Waals surface area contributed by atoms with Gasteiger partial charge in [-0.15, -0.1) is 0 Å². The van der Waals surface area contributed by atoms with E-state index in [0.29, 0.717) is 5.75 Å². The van der Waals surface area contributed by atoms with Crippen molar-refractivity contribution >= 4 is 23.2 Å². The Kier molecular flexibility index (Phi) is 7.98. The van der Waals surface area contributed by atoms with Crippen LogP contribution in [0.4, 0.5) is 4.39 Å². The molecule has 0 spiro atoms. The van der Waals surface area contributed by atoms with Crippen molar-refractivity contribution in [2.75, 3.05) is 0 Å². The summed E-state index contributed by atoms with van der Waals surface area (Å²) in [5.41, 5.74) is 1.04. The molecule has 0 aliphatic rings. The molecule has 0 saturated carbocycles. The third kappa shape index (κ3) is 5.30. The van der Waals surface area contributed by atoms with Crippen LogP contribution in [0.15, 0.2) is 140 Å². The molecule has 5 rings (SSSR count). The van der Waals surface area contributed by atoms with Gasteiger partial charge in [-0.3, -0.25) is 0 Å². The second kappa shape index (κ2) is 11.3. The summed E-state index contributed by atoms with van der Waals surface area (Å²) < 4.78 is 20.7. The van der Waals surface area contributed by atoms with Gasteiger partial charge in [0.25, 0.3) is 0 Å². The van der Waals surface area contributed by atoms with Gasteiger partial charge >= 0.3 is 0 Å². The summed E-state index contributed by atoms with van der Waals surface area (Å²) in [6, 6.07) is 46.7. The third-order valence-electron chi connectivity index (χ3n) is 5.98. The molecule has 0 saturated heterocycles. The number of para-hydroxylation sites is 1. The first-order chi connectivity index (χ1) is 16.8. The van der Waals surface area contributed by atoms with Gasteiger partial charge < -0.3 is 17.1 Å². The minimum atomic E-state index is -2.07. The molecule has 0 aromatic heterocycles. The highest BCUT2D eigenvalue weighted by Gasteiger charge is 2.45. The first-order valence-electron chi connectivity index (χ1n) is 11.3. The molecule has 5 aromatic rings. The lowest BCUT2D eigenvalue weighted by Crippen LogP contribution is -3.00. The van der Waals surface area contributed by atoms with Gasteiger partial charge in [0.2, 0.25) is 0 Å². The predicted octanol–water partition coefficient (Wildman–Crippen LogP) is 4.12. The van der Waals surface area contributed by atoms with Crippen LogP contribution in [0.3, 0.4) is 0 Å². The fraction of sp³-hybridized carbons (Fsp3) is 0.0323. The standard InChI is InChI=1S/C31H25FOP.ClH/c32-30-22-21-25(23-31(30)33-26-13-5-1-6-14-26)24-34(27-15-7-2-8-16-27,28-17-9-3-10-18-28)29-19-11-4-12-20-29;/h1-23H,24H2;1H/q+1;/p-1. The van der Waals surface area contributed by atoms with Crippen molar-refractivity contribution in [3.05, 3.63) is 151 Å². The minimum absolute atomic E-state index is 0. The lowest BCUT2D eigenvalue weighted by molar-refractivity contribution is -0.00000756. The van der Waals surface area contributed by atoms with Crippen LogP contribution in [0.2, 0.25) is 0 Å². The fourth-order valence-corrected chi connectivity index (χ4v) is 8.61. The van der Waals surface area contributed by atoms with Crippen LogP contribution in [0, 0.1) is 5.82 Å². The predicted molar refractivity (Wildman–Crippen MR) is 142 cm³/mol.